The minimum Gasteiger partial charge on any atom is -0.321 e. The van der Waals surface area contributed by atoms with Crippen LogP contribution in [0.5, 0.6) is 0 Å². The van der Waals surface area contributed by atoms with Crippen LogP contribution in [0, 0.1) is 25.5 Å². The van der Waals surface area contributed by atoms with E-state index < -0.39 is 11.6 Å². The number of rotatable bonds is 3. The normalized spacial score (nSPS) is 9.86. The van der Waals surface area contributed by atoms with Crippen LogP contribution in [-0.4, -0.2) is 0 Å². The van der Waals surface area contributed by atoms with Crippen LogP contribution in [0.15, 0.2) is 35.2 Å². The molecule has 2 aromatic carbocycles. The fourth-order valence-corrected chi connectivity index (χ4v) is 2.65. The number of nitrogens with one attached hydrogen (secondary N) is 1. The molecule has 0 bridgehead atoms. The van der Waals surface area contributed by atoms with Crippen LogP contribution >= 0.6 is 23.5 Å². The van der Waals surface area contributed by atoms with Gasteiger partial charge in [0, 0.05) is 9.92 Å². The van der Waals surface area contributed by atoms with Crippen molar-refractivity contribution in [2.75, 3.05) is 4.72 Å². The highest BCUT2D eigenvalue weighted by atomic mass is 35.5. The molecule has 0 aliphatic carbocycles. The molecule has 0 atom stereocenters. The van der Waals surface area contributed by atoms with E-state index in [0.29, 0.717) is 10.6 Å². The van der Waals surface area contributed by atoms with Crippen molar-refractivity contribution >= 4 is 29.2 Å². The zero-order valence-corrected chi connectivity index (χ0v) is 14.0. The Balaban J connectivity index is 0.00000106. The number of anilines is 1. The second kappa shape index (κ2) is 8.25. The van der Waals surface area contributed by atoms with Crippen LogP contribution in [0.1, 0.15) is 25.0 Å². The molecule has 0 amide bonds. The lowest BCUT2D eigenvalue weighted by molar-refractivity contribution is 0.590. The molecule has 0 aromatic heterocycles. The topological polar surface area (TPSA) is 12.0 Å². The van der Waals surface area contributed by atoms with E-state index in [1.807, 2.05) is 26.8 Å². The number of hydrogen-bond acceptors (Lipinski definition) is 2. The maximum atomic E-state index is 13.7. The lowest BCUT2D eigenvalue weighted by atomic mass is 10.2. The summed E-state index contributed by atoms with van der Waals surface area (Å²) in [6.45, 7) is 7.50. The van der Waals surface area contributed by atoms with E-state index in [4.69, 9.17) is 11.6 Å². The Morgan fingerprint density at radius 1 is 1.05 bits per heavy atom. The largest absolute Gasteiger partial charge is 0.321 e. The molecule has 0 aliphatic heterocycles. The van der Waals surface area contributed by atoms with Gasteiger partial charge in [0.05, 0.1) is 0 Å². The third kappa shape index (κ3) is 4.61. The maximum Gasteiger partial charge on any atom is 0.150 e. The molecule has 0 saturated carbocycles. The second-order valence-electron chi connectivity index (χ2n) is 4.17. The van der Waals surface area contributed by atoms with Crippen molar-refractivity contribution in [1.29, 1.82) is 0 Å². The van der Waals surface area contributed by atoms with E-state index in [2.05, 4.69) is 4.72 Å². The highest BCUT2D eigenvalue weighted by Crippen LogP contribution is 2.30. The predicted molar refractivity (Wildman–Crippen MR) is 88.1 cm³/mol. The first-order chi connectivity index (χ1) is 9.99. The van der Waals surface area contributed by atoms with Crippen LogP contribution in [0.4, 0.5) is 14.5 Å². The molecule has 0 saturated heterocycles. The molecular weight excluding hydrogens is 312 g/mol. The van der Waals surface area contributed by atoms with Gasteiger partial charge in [-0.1, -0.05) is 31.5 Å². The first-order valence-corrected chi connectivity index (χ1v) is 7.82. The van der Waals surface area contributed by atoms with Gasteiger partial charge in [0.25, 0.3) is 0 Å². The van der Waals surface area contributed by atoms with E-state index in [0.717, 1.165) is 22.4 Å². The van der Waals surface area contributed by atoms with Gasteiger partial charge in [-0.3, -0.25) is 0 Å². The zero-order chi connectivity index (χ0) is 16.0. The van der Waals surface area contributed by atoms with E-state index in [1.54, 1.807) is 19.1 Å². The maximum absolute atomic E-state index is 13.7. The Bertz CT molecular complexity index is 594. The van der Waals surface area contributed by atoms with E-state index >= 15 is 0 Å². The minimum absolute atomic E-state index is 0.144. The van der Waals surface area contributed by atoms with Crippen LogP contribution in [-0.2, 0) is 0 Å². The first kappa shape index (κ1) is 17.8. The molecule has 5 heteroatoms. The second-order valence-corrected chi connectivity index (χ2v) is 5.43. The molecule has 0 fully saturated rings. The smallest absolute Gasteiger partial charge is 0.150 e. The van der Waals surface area contributed by atoms with Crippen LogP contribution in [0.2, 0.25) is 5.02 Å². The van der Waals surface area contributed by atoms with Gasteiger partial charge in [-0.2, -0.15) is 0 Å². The van der Waals surface area contributed by atoms with Crippen molar-refractivity contribution in [2.45, 2.75) is 32.6 Å². The summed E-state index contributed by atoms with van der Waals surface area (Å²) >= 11 is 7.12. The monoisotopic (exact) mass is 329 g/mol. The molecular formula is C16H18ClF2NS. The Hall–Kier alpha value is -1.26. The van der Waals surface area contributed by atoms with Gasteiger partial charge in [0.1, 0.15) is 17.3 Å². The Morgan fingerprint density at radius 3 is 2.19 bits per heavy atom. The molecule has 0 unspecified atom stereocenters. The SMILES string of the molecule is CC.Cc1cc(F)c(NSc2cccc(Cl)c2C)c(F)c1. The van der Waals surface area contributed by atoms with Gasteiger partial charge < -0.3 is 4.72 Å². The third-order valence-corrected chi connectivity index (χ3v) is 4.05. The number of halogens is 3. The van der Waals surface area contributed by atoms with Gasteiger partial charge in [-0.25, -0.2) is 8.78 Å². The summed E-state index contributed by atoms with van der Waals surface area (Å²) in [5.74, 6) is -1.21. The lowest BCUT2D eigenvalue weighted by Gasteiger charge is -2.11. The number of benzene rings is 2. The Labute approximate surface area is 133 Å². The number of hydrogen-bond donors (Lipinski definition) is 1. The summed E-state index contributed by atoms with van der Waals surface area (Å²) < 4.78 is 30.0. The standard InChI is InChI=1S/C14H12ClF2NS.C2H6/c1-8-6-11(16)14(12(17)7-8)18-19-13-5-3-4-10(15)9(13)2;1-2/h3-7,18H,1-2H3;1-2H3. The van der Waals surface area contributed by atoms with Crippen LogP contribution in [0.25, 0.3) is 0 Å². The molecule has 114 valence electrons. The fraction of sp³-hybridized carbons (Fsp3) is 0.250. The minimum atomic E-state index is -0.607. The number of aryl methyl sites for hydroxylation is 1. The van der Waals surface area contributed by atoms with Gasteiger partial charge in [-0.05, 0) is 61.2 Å². The summed E-state index contributed by atoms with van der Waals surface area (Å²) in [7, 11) is 0. The molecule has 21 heavy (non-hydrogen) atoms. The van der Waals surface area contributed by atoms with Gasteiger partial charge in [-0.15, -0.1) is 0 Å². The fourth-order valence-electron chi connectivity index (χ4n) is 1.60. The zero-order valence-electron chi connectivity index (χ0n) is 12.4. The van der Waals surface area contributed by atoms with Crippen molar-refractivity contribution in [3.05, 3.63) is 58.1 Å². The molecule has 0 heterocycles. The lowest BCUT2D eigenvalue weighted by Crippen LogP contribution is -1.97. The Morgan fingerprint density at radius 2 is 1.62 bits per heavy atom. The van der Waals surface area contributed by atoms with Crippen LogP contribution < -0.4 is 4.72 Å². The summed E-state index contributed by atoms with van der Waals surface area (Å²) in [6.07, 6.45) is 0. The first-order valence-electron chi connectivity index (χ1n) is 6.62. The van der Waals surface area contributed by atoms with Crippen molar-refractivity contribution in [1.82, 2.24) is 0 Å². The molecule has 1 N–H and O–H groups in total. The average Bonchev–Trinajstić information content (AvgIpc) is 2.44. The van der Waals surface area contributed by atoms with E-state index in [9.17, 15) is 8.78 Å². The molecule has 0 spiro atoms. The molecule has 0 radical (unpaired) electrons. The van der Waals surface area contributed by atoms with Crippen molar-refractivity contribution in [3.8, 4) is 0 Å². The summed E-state index contributed by atoms with van der Waals surface area (Å²) in [6, 6.07) is 7.98. The third-order valence-electron chi connectivity index (χ3n) is 2.67. The average molecular weight is 330 g/mol. The van der Waals surface area contributed by atoms with Crippen molar-refractivity contribution < 1.29 is 8.78 Å². The van der Waals surface area contributed by atoms with Gasteiger partial charge in [0.15, 0.2) is 0 Å². The molecule has 2 rings (SSSR count). The van der Waals surface area contributed by atoms with E-state index in [-0.39, 0.29) is 5.69 Å². The van der Waals surface area contributed by atoms with E-state index in [1.165, 1.54) is 12.1 Å². The van der Waals surface area contributed by atoms with Crippen LogP contribution in [0.3, 0.4) is 0 Å². The highest BCUT2D eigenvalue weighted by molar-refractivity contribution is 8.00. The predicted octanol–water partition coefficient (Wildman–Crippen LogP) is 6.38. The van der Waals surface area contributed by atoms with Crippen molar-refractivity contribution in [2.24, 2.45) is 0 Å². The molecule has 1 nitrogen and oxygen atoms in total. The Kier molecular flexibility index (Phi) is 6.99. The molecule has 0 aliphatic rings. The summed E-state index contributed by atoms with van der Waals surface area (Å²) in [5, 5.41) is 0.622. The quantitative estimate of drug-likeness (QED) is 0.655. The van der Waals surface area contributed by atoms with Gasteiger partial charge >= 0.3 is 0 Å². The van der Waals surface area contributed by atoms with Crippen molar-refractivity contribution in [3.63, 3.8) is 0 Å². The highest BCUT2D eigenvalue weighted by Gasteiger charge is 2.11. The molecule has 2 aromatic rings. The summed E-state index contributed by atoms with van der Waals surface area (Å²) in [5.41, 5.74) is 1.27. The summed E-state index contributed by atoms with van der Waals surface area (Å²) in [4.78, 5) is 0.826. The van der Waals surface area contributed by atoms with Gasteiger partial charge in [0.2, 0.25) is 0 Å².